The summed E-state index contributed by atoms with van der Waals surface area (Å²) in [7, 11) is 0. The topological polar surface area (TPSA) is 37.3 Å². The average Bonchev–Trinajstić information content (AvgIpc) is 2.13. The van der Waals surface area contributed by atoms with Gasteiger partial charge >= 0.3 is 5.97 Å². The van der Waals surface area contributed by atoms with Gasteiger partial charge in [0, 0.05) is 4.47 Å². The van der Waals surface area contributed by atoms with E-state index in [4.69, 9.17) is 5.11 Å². The molecule has 0 aliphatic rings. The summed E-state index contributed by atoms with van der Waals surface area (Å²) in [4.78, 5) is 11.1. The van der Waals surface area contributed by atoms with Crippen LogP contribution in [-0.4, -0.2) is 11.1 Å². The molecule has 0 aliphatic heterocycles. The first-order valence-electron chi connectivity index (χ1n) is 4.96. The number of aliphatic carboxylic acids is 1. The molecule has 1 aromatic rings. The van der Waals surface area contributed by atoms with E-state index < -0.39 is 11.9 Å². The van der Waals surface area contributed by atoms with Gasteiger partial charge in [0.25, 0.3) is 0 Å². The molecule has 0 spiro atoms. The summed E-state index contributed by atoms with van der Waals surface area (Å²) in [5.74, 6) is -1.18. The zero-order valence-electron chi connectivity index (χ0n) is 9.17. The van der Waals surface area contributed by atoms with Gasteiger partial charge in [0.1, 0.15) is 0 Å². The summed E-state index contributed by atoms with van der Waals surface area (Å²) in [6, 6.07) is 3.99. The van der Waals surface area contributed by atoms with Gasteiger partial charge in [-0.25, -0.2) is 0 Å². The highest BCUT2D eigenvalue weighted by atomic mass is 79.9. The van der Waals surface area contributed by atoms with Crippen molar-refractivity contribution < 1.29 is 9.90 Å². The maximum Gasteiger partial charge on any atom is 0.311 e. The number of benzene rings is 1. The summed E-state index contributed by atoms with van der Waals surface area (Å²) in [5, 5.41) is 9.11. The van der Waals surface area contributed by atoms with Crippen molar-refractivity contribution >= 4 is 21.9 Å². The predicted octanol–water partition coefficient (Wildman–Crippen LogP) is 3.64. The quantitative estimate of drug-likeness (QED) is 0.911. The smallest absolute Gasteiger partial charge is 0.311 e. The largest absolute Gasteiger partial charge is 0.481 e. The van der Waals surface area contributed by atoms with E-state index in [2.05, 4.69) is 15.9 Å². The molecule has 82 valence electrons. The molecule has 0 saturated heterocycles. The van der Waals surface area contributed by atoms with E-state index in [1.54, 1.807) is 0 Å². The molecule has 0 heterocycles. The molecule has 1 N–H and O–H groups in total. The van der Waals surface area contributed by atoms with Crippen molar-refractivity contribution in [2.24, 2.45) is 0 Å². The Kier molecular flexibility index (Phi) is 3.91. The minimum absolute atomic E-state index is 0.419. The molecule has 3 heteroatoms. The number of hydrogen-bond donors (Lipinski definition) is 1. The van der Waals surface area contributed by atoms with Crippen LogP contribution in [0.2, 0.25) is 0 Å². The lowest BCUT2D eigenvalue weighted by atomic mass is 9.93. The lowest BCUT2D eigenvalue weighted by Crippen LogP contribution is -2.11. The number of carboxylic acids is 1. The van der Waals surface area contributed by atoms with Gasteiger partial charge in [-0.3, -0.25) is 4.79 Å². The van der Waals surface area contributed by atoms with Crippen molar-refractivity contribution in [1.29, 1.82) is 0 Å². The van der Waals surface area contributed by atoms with Gasteiger partial charge in [-0.15, -0.1) is 0 Å². The van der Waals surface area contributed by atoms with Crippen molar-refractivity contribution in [2.75, 3.05) is 0 Å². The zero-order valence-corrected chi connectivity index (χ0v) is 10.8. The second-order valence-corrected chi connectivity index (χ2v) is 4.58. The molecule has 15 heavy (non-hydrogen) atoms. The van der Waals surface area contributed by atoms with E-state index >= 15 is 0 Å². The zero-order chi connectivity index (χ0) is 11.6. The first-order valence-corrected chi connectivity index (χ1v) is 5.76. The number of hydrogen-bond acceptors (Lipinski definition) is 1. The van der Waals surface area contributed by atoms with Crippen LogP contribution in [-0.2, 0) is 4.79 Å². The van der Waals surface area contributed by atoms with Crippen LogP contribution in [0.5, 0.6) is 0 Å². The number of carboxylic acid groups (broad SMARTS) is 1. The second-order valence-electron chi connectivity index (χ2n) is 3.78. The van der Waals surface area contributed by atoms with Crippen LogP contribution in [0.3, 0.4) is 0 Å². The maximum absolute atomic E-state index is 11.1. The summed E-state index contributed by atoms with van der Waals surface area (Å²) in [6.07, 6.45) is 0.608. The van der Waals surface area contributed by atoms with Crippen molar-refractivity contribution in [1.82, 2.24) is 0 Å². The van der Waals surface area contributed by atoms with Crippen LogP contribution in [0.1, 0.15) is 36.0 Å². The van der Waals surface area contributed by atoms with Gasteiger partial charge < -0.3 is 5.11 Å². The van der Waals surface area contributed by atoms with Crippen LogP contribution in [0.15, 0.2) is 16.6 Å². The number of halogens is 1. The molecule has 0 fully saturated rings. The summed E-state index contributed by atoms with van der Waals surface area (Å²) < 4.78 is 0.919. The van der Waals surface area contributed by atoms with Crippen LogP contribution in [0.4, 0.5) is 0 Å². The van der Waals surface area contributed by atoms with E-state index in [0.29, 0.717) is 6.42 Å². The van der Waals surface area contributed by atoms with Gasteiger partial charge in [-0.2, -0.15) is 0 Å². The van der Waals surface area contributed by atoms with E-state index in [1.165, 1.54) is 0 Å². The normalized spacial score (nSPS) is 12.5. The standard InChI is InChI=1S/C12H15BrO2/c1-4-9(12(14)15)10-6-7(2)5-8(3)11(10)13/h5-6,9H,4H2,1-3H3,(H,14,15). The van der Waals surface area contributed by atoms with Crippen LogP contribution in [0, 0.1) is 13.8 Å². The van der Waals surface area contributed by atoms with Crippen molar-refractivity contribution in [3.05, 3.63) is 33.3 Å². The molecule has 0 bridgehead atoms. The fourth-order valence-electron chi connectivity index (χ4n) is 1.76. The Morgan fingerprint density at radius 3 is 2.53 bits per heavy atom. The van der Waals surface area contributed by atoms with Crippen LogP contribution in [0.25, 0.3) is 0 Å². The minimum atomic E-state index is -0.761. The van der Waals surface area contributed by atoms with E-state index in [0.717, 1.165) is 21.2 Å². The van der Waals surface area contributed by atoms with Crippen LogP contribution >= 0.6 is 15.9 Å². The van der Waals surface area contributed by atoms with Gasteiger partial charge in [0.2, 0.25) is 0 Å². The van der Waals surface area contributed by atoms with E-state index in [9.17, 15) is 4.79 Å². The fourth-order valence-corrected chi connectivity index (χ4v) is 2.27. The molecular weight excluding hydrogens is 256 g/mol. The summed E-state index contributed by atoms with van der Waals surface area (Å²) >= 11 is 3.46. The average molecular weight is 271 g/mol. The van der Waals surface area contributed by atoms with Crippen molar-refractivity contribution in [3.63, 3.8) is 0 Å². The van der Waals surface area contributed by atoms with Gasteiger partial charge in [-0.1, -0.05) is 40.5 Å². The molecule has 1 atom stereocenters. The molecule has 0 aromatic heterocycles. The Morgan fingerprint density at radius 2 is 2.07 bits per heavy atom. The Balaban J connectivity index is 3.28. The summed E-state index contributed by atoms with van der Waals surface area (Å²) in [6.45, 7) is 5.86. The molecule has 1 aromatic carbocycles. The molecule has 0 aliphatic carbocycles. The molecule has 0 radical (unpaired) electrons. The van der Waals surface area contributed by atoms with E-state index in [-0.39, 0.29) is 0 Å². The Bertz CT molecular complexity index is 385. The molecular formula is C12H15BrO2. The van der Waals surface area contributed by atoms with Gasteiger partial charge in [0.15, 0.2) is 0 Å². The van der Waals surface area contributed by atoms with Crippen LogP contribution < -0.4 is 0 Å². The van der Waals surface area contributed by atoms with E-state index in [1.807, 2.05) is 32.9 Å². The second kappa shape index (κ2) is 4.79. The Morgan fingerprint density at radius 1 is 1.47 bits per heavy atom. The highest BCUT2D eigenvalue weighted by molar-refractivity contribution is 9.10. The monoisotopic (exact) mass is 270 g/mol. The highest BCUT2D eigenvalue weighted by Gasteiger charge is 2.21. The first-order chi connectivity index (χ1) is 6.97. The fraction of sp³-hybridized carbons (Fsp3) is 0.417. The molecule has 1 unspecified atom stereocenters. The number of aryl methyl sites for hydroxylation is 2. The van der Waals surface area contributed by atoms with Crippen molar-refractivity contribution in [2.45, 2.75) is 33.1 Å². The highest BCUT2D eigenvalue weighted by Crippen LogP contribution is 2.31. The number of carbonyl (C=O) groups is 1. The maximum atomic E-state index is 11.1. The molecule has 1 rings (SSSR count). The minimum Gasteiger partial charge on any atom is -0.481 e. The summed E-state index contributed by atoms with van der Waals surface area (Å²) in [5.41, 5.74) is 3.07. The first kappa shape index (κ1) is 12.2. The Hall–Kier alpha value is -0.830. The SMILES string of the molecule is CCC(C(=O)O)c1cc(C)cc(C)c1Br. The van der Waals surface area contributed by atoms with Crippen molar-refractivity contribution in [3.8, 4) is 0 Å². The third-order valence-electron chi connectivity index (χ3n) is 2.51. The Labute approximate surface area is 98.4 Å². The lowest BCUT2D eigenvalue weighted by molar-refractivity contribution is -0.138. The van der Waals surface area contributed by atoms with Gasteiger partial charge in [-0.05, 0) is 31.4 Å². The molecule has 0 amide bonds. The third kappa shape index (κ3) is 2.59. The molecule has 0 saturated carbocycles. The third-order valence-corrected chi connectivity index (χ3v) is 3.59. The molecule has 2 nitrogen and oxygen atoms in total. The lowest BCUT2D eigenvalue weighted by Gasteiger charge is -2.15. The predicted molar refractivity (Wildman–Crippen MR) is 64.3 cm³/mol. The van der Waals surface area contributed by atoms with Gasteiger partial charge in [0.05, 0.1) is 5.92 Å². The number of rotatable bonds is 3.